The Labute approximate surface area is 199 Å². The average molecular weight is 502 g/mol. The molecule has 3 aromatic heterocycles. The quantitative estimate of drug-likeness (QED) is 0.246. The van der Waals surface area contributed by atoms with Gasteiger partial charge in [-0.2, -0.15) is 8.42 Å². The number of nitrogens with zero attached hydrogens (tertiary/aromatic N) is 1. The lowest BCUT2D eigenvalue weighted by Gasteiger charge is -2.22. The van der Waals surface area contributed by atoms with Crippen molar-refractivity contribution in [3.05, 3.63) is 94.5 Å². The number of hydrogen-bond acceptors (Lipinski definition) is 9. The highest BCUT2D eigenvalue weighted by molar-refractivity contribution is 7.87. The van der Waals surface area contributed by atoms with Crippen molar-refractivity contribution in [2.75, 3.05) is 7.11 Å². The molecule has 0 bridgehead atoms. The molecule has 0 N–H and O–H groups in total. The van der Waals surface area contributed by atoms with Crippen LogP contribution in [0.2, 0.25) is 0 Å². The van der Waals surface area contributed by atoms with Crippen molar-refractivity contribution < 1.29 is 35.8 Å². The van der Waals surface area contributed by atoms with Gasteiger partial charge in [-0.25, -0.2) is 4.79 Å². The van der Waals surface area contributed by atoms with Gasteiger partial charge >= 0.3 is 16.1 Å². The Morgan fingerprint density at radius 3 is 2.44 bits per heavy atom. The Bertz CT molecular complexity index is 1370. The first-order valence-electron chi connectivity index (χ1n) is 9.92. The fraction of sp³-hybridized carbons (Fsp3) is 0.130. The van der Waals surface area contributed by atoms with Gasteiger partial charge in [0.15, 0.2) is 5.76 Å². The van der Waals surface area contributed by atoms with Crippen LogP contribution in [0.25, 0.3) is 0 Å². The van der Waals surface area contributed by atoms with E-state index in [-0.39, 0.29) is 34.4 Å². The van der Waals surface area contributed by atoms with Crippen molar-refractivity contribution in [3.63, 3.8) is 0 Å². The number of carbonyl (C=O) groups excluding carboxylic acids is 2. The molecule has 3 heterocycles. The third-order valence-corrected chi connectivity index (χ3v) is 7.05. The Hall–Kier alpha value is -3.83. The van der Waals surface area contributed by atoms with Gasteiger partial charge in [-0.3, -0.25) is 4.79 Å². The molecule has 34 heavy (non-hydrogen) atoms. The molecule has 0 saturated heterocycles. The van der Waals surface area contributed by atoms with Crippen molar-refractivity contribution in [1.82, 2.24) is 4.90 Å². The number of furan rings is 2. The van der Waals surface area contributed by atoms with E-state index in [4.69, 9.17) is 13.0 Å². The van der Waals surface area contributed by atoms with Crippen molar-refractivity contribution in [1.29, 1.82) is 0 Å². The van der Waals surface area contributed by atoms with Crippen molar-refractivity contribution in [3.8, 4) is 5.75 Å². The average Bonchev–Trinajstić information content (AvgIpc) is 3.61. The molecule has 176 valence electrons. The highest BCUT2D eigenvalue weighted by Gasteiger charge is 2.28. The van der Waals surface area contributed by atoms with Gasteiger partial charge in [0, 0.05) is 5.56 Å². The highest BCUT2D eigenvalue weighted by Crippen LogP contribution is 2.29. The molecule has 0 radical (unpaired) electrons. The van der Waals surface area contributed by atoms with Gasteiger partial charge in [0.25, 0.3) is 5.91 Å². The Morgan fingerprint density at radius 1 is 0.971 bits per heavy atom. The maximum absolute atomic E-state index is 13.1. The maximum Gasteiger partial charge on any atom is 0.349 e. The molecule has 9 nitrogen and oxygen atoms in total. The van der Waals surface area contributed by atoms with Crippen molar-refractivity contribution in [2.45, 2.75) is 18.0 Å². The SMILES string of the molecule is COC(=O)c1sccc1S(=O)(=O)Oc1ccccc1CN(Cc1ccco1)C(=O)c1ccco1. The lowest BCUT2D eigenvalue weighted by atomic mass is 10.2. The van der Waals surface area contributed by atoms with Gasteiger partial charge in [-0.15, -0.1) is 11.3 Å². The van der Waals surface area contributed by atoms with Gasteiger partial charge in [-0.05, 0) is 41.8 Å². The Balaban J connectivity index is 1.63. The fourth-order valence-corrected chi connectivity index (χ4v) is 5.44. The summed E-state index contributed by atoms with van der Waals surface area (Å²) in [5, 5.41) is 1.46. The van der Waals surface area contributed by atoms with Crippen LogP contribution in [0.5, 0.6) is 5.75 Å². The molecule has 0 spiro atoms. The molecule has 0 fully saturated rings. The number of carbonyl (C=O) groups is 2. The van der Waals surface area contributed by atoms with Crippen molar-refractivity contribution in [2.24, 2.45) is 0 Å². The third kappa shape index (κ3) is 5.05. The van der Waals surface area contributed by atoms with Gasteiger partial charge in [0.2, 0.25) is 0 Å². The van der Waals surface area contributed by atoms with E-state index in [0.29, 0.717) is 11.3 Å². The first-order chi connectivity index (χ1) is 16.4. The second-order valence-electron chi connectivity index (χ2n) is 6.97. The summed E-state index contributed by atoms with van der Waals surface area (Å²) < 4.78 is 46.7. The molecular weight excluding hydrogens is 482 g/mol. The lowest BCUT2D eigenvalue weighted by Crippen LogP contribution is -2.30. The monoisotopic (exact) mass is 501 g/mol. The van der Waals surface area contributed by atoms with Gasteiger partial charge in [0.05, 0.1) is 32.7 Å². The molecule has 4 aromatic rings. The number of amides is 1. The summed E-state index contributed by atoms with van der Waals surface area (Å²) in [6, 6.07) is 14.3. The number of methoxy groups -OCH3 is 1. The van der Waals surface area contributed by atoms with E-state index in [1.165, 1.54) is 41.0 Å². The molecule has 0 saturated carbocycles. The molecule has 0 unspecified atom stereocenters. The minimum Gasteiger partial charge on any atom is -0.467 e. The molecule has 1 amide bonds. The van der Waals surface area contributed by atoms with Crippen LogP contribution in [-0.2, 0) is 27.9 Å². The minimum atomic E-state index is -4.36. The zero-order valence-corrected chi connectivity index (χ0v) is 19.5. The van der Waals surface area contributed by atoms with Gasteiger partial charge < -0.3 is 22.7 Å². The van der Waals surface area contributed by atoms with Crippen LogP contribution in [0.4, 0.5) is 0 Å². The summed E-state index contributed by atoms with van der Waals surface area (Å²) >= 11 is 0.932. The zero-order valence-electron chi connectivity index (χ0n) is 17.9. The number of benzene rings is 1. The molecule has 11 heteroatoms. The first kappa shape index (κ1) is 23.3. The maximum atomic E-state index is 13.1. The van der Waals surface area contributed by atoms with E-state index in [1.807, 2.05) is 0 Å². The molecule has 0 atom stereocenters. The molecule has 0 aliphatic carbocycles. The summed E-state index contributed by atoms with van der Waals surface area (Å²) in [5.74, 6) is -0.518. The predicted molar refractivity (Wildman–Crippen MR) is 121 cm³/mol. The van der Waals surface area contributed by atoms with E-state index in [0.717, 1.165) is 18.4 Å². The number of hydrogen-bond donors (Lipinski definition) is 0. The Kier molecular flexibility index (Phi) is 6.85. The van der Waals surface area contributed by atoms with Crippen LogP contribution in [0.3, 0.4) is 0 Å². The second kappa shape index (κ2) is 9.98. The topological polar surface area (TPSA) is 116 Å². The van der Waals surface area contributed by atoms with Crippen molar-refractivity contribution >= 4 is 33.3 Å². The molecule has 0 aliphatic heterocycles. The Morgan fingerprint density at radius 2 is 1.74 bits per heavy atom. The summed E-state index contributed by atoms with van der Waals surface area (Å²) in [6.07, 6.45) is 2.88. The standard InChI is InChI=1S/C23H19NO8S2/c1-29-23(26)21-20(10-13-33-21)34(27,28)32-18-8-3-2-6-16(18)14-24(15-17-7-4-11-30-17)22(25)19-9-5-12-31-19/h2-13H,14-15H2,1H3. The number of ether oxygens (including phenoxy) is 1. The zero-order chi connectivity index (χ0) is 24.1. The fourth-order valence-electron chi connectivity index (χ4n) is 3.17. The summed E-state index contributed by atoms with van der Waals surface area (Å²) in [7, 11) is -3.19. The van der Waals surface area contributed by atoms with Crippen LogP contribution in [-0.4, -0.2) is 32.3 Å². The smallest absolute Gasteiger partial charge is 0.349 e. The third-order valence-electron chi connectivity index (χ3n) is 4.75. The minimum absolute atomic E-state index is 0.000573. The predicted octanol–water partition coefficient (Wildman–Crippen LogP) is 4.33. The highest BCUT2D eigenvalue weighted by atomic mass is 32.2. The molecule has 0 aliphatic rings. The van der Waals surface area contributed by atoms with E-state index in [9.17, 15) is 18.0 Å². The number of thiophene rings is 1. The van der Waals surface area contributed by atoms with Gasteiger partial charge in [0.1, 0.15) is 21.3 Å². The van der Waals surface area contributed by atoms with Crippen LogP contribution in [0.1, 0.15) is 31.6 Å². The first-order valence-corrected chi connectivity index (χ1v) is 12.2. The lowest BCUT2D eigenvalue weighted by molar-refractivity contribution is 0.0601. The summed E-state index contributed by atoms with van der Waals surface area (Å²) in [4.78, 5) is 26.1. The van der Waals surface area contributed by atoms with E-state index in [1.54, 1.807) is 36.4 Å². The second-order valence-corrected chi connectivity index (χ2v) is 9.40. The largest absolute Gasteiger partial charge is 0.467 e. The van der Waals surface area contributed by atoms with Crippen LogP contribution in [0, 0.1) is 0 Å². The molecule has 4 rings (SSSR count). The van der Waals surface area contributed by atoms with Crippen LogP contribution in [0.15, 0.2) is 86.2 Å². The normalized spacial score (nSPS) is 11.2. The molecular formula is C23H19NO8S2. The number of para-hydroxylation sites is 1. The summed E-state index contributed by atoms with van der Waals surface area (Å²) in [6.45, 7) is 0.115. The van der Waals surface area contributed by atoms with E-state index >= 15 is 0 Å². The number of esters is 1. The summed E-state index contributed by atoms with van der Waals surface area (Å²) in [5.41, 5.74) is 0.424. The van der Waals surface area contributed by atoms with Crippen LogP contribution >= 0.6 is 11.3 Å². The molecule has 1 aromatic carbocycles. The van der Waals surface area contributed by atoms with E-state index in [2.05, 4.69) is 4.74 Å². The van der Waals surface area contributed by atoms with E-state index < -0.39 is 22.0 Å². The number of rotatable bonds is 9. The van der Waals surface area contributed by atoms with Gasteiger partial charge in [-0.1, -0.05) is 18.2 Å². The van der Waals surface area contributed by atoms with Crippen LogP contribution < -0.4 is 4.18 Å².